The average Bonchev–Trinajstić information content (AvgIpc) is 3.18. The van der Waals surface area contributed by atoms with Gasteiger partial charge in [0, 0.05) is 12.5 Å². The number of nitrogens with zero attached hydrogens (tertiary/aromatic N) is 1. The highest BCUT2D eigenvalue weighted by Crippen LogP contribution is 2.44. The number of carbonyl (C=O) groups is 1. The molecule has 4 nitrogen and oxygen atoms in total. The molecule has 0 aromatic heterocycles. The van der Waals surface area contributed by atoms with Gasteiger partial charge in [-0.2, -0.15) is 0 Å². The van der Waals surface area contributed by atoms with Crippen LogP contribution in [0.3, 0.4) is 0 Å². The van der Waals surface area contributed by atoms with Crippen LogP contribution in [0.25, 0.3) is 0 Å². The Kier molecular flexibility index (Phi) is 3.32. The lowest BCUT2D eigenvalue weighted by Crippen LogP contribution is -2.64. The van der Waals surface area contributed by atoms with Crippen molar-refractivity contribution in [3.63, 3.8) is 0 Å². The molecule has 0 aromatic carbocycles. The Bertz CT molecular complexity index is 316. The van der Waals surface area contributed by atoms with Gasteiger partial charge in [-0.05, 0) is 44.6 Å². The Hall–Kier alpha value is -0.610. The molecule has 1 aliphatic carbocycles. The summed E-state index contributed by atoms with van der Waals surface area (Å²) in [4.78, 5) is 13.8. The van der Waals surface area contributed by atoms with E-state index in [9.17, 15) is 9.90 Å². The second-order valence-corrected chi connectivity index (χ2v) is 6.31. The SMILES string of the molecule is O=C(CCC1CCCCN1)N1CC(O)(C2CC2)C1. The van der Waals surface area contributed by atoms with Crippen LogP contribution in [-0.2, 0) is 4.79 Å². The number of β-amino-alcohol motifs (C(OH)–C–C–N with tert-alkyl or cyclic N) is 1. The molecule has 1 atom stereocenters. The normalized spacial score (nSPS) is 30.9. The fourth-order valence-corrected chi connectivity index (χ4v) is 3.30. The third-order valence-corrected chi connectivity index (χ3v) is 4.74. The zero-order valence-corrected chi connectivity index (χ0v) is 11.0. The number of aliphatic hydroxyl groups is 1. The van der Waals surface area contributed by atoms with Crippen LogP contribution >= 0.6 is 0 Å². The lowest BCUT2D eigenvalue weighted by atomic mass is 9.88. The number of rotatable bonds is 4. The molecule has 0 bridgehead atoms. The van der Waals surface area contributed by atoms with Crippen LogP contribution < -0.4 is 5.32 Å². The molecular formula is C14H24N2O2. The topological polar surface area (TPSA) is 52.6 Å². The van der Waals surface area contributed by atoms with E-state index < -0.39 is 5.60 Å². The van der Waals surface area contributed by atoms with Crippen molar-refractivity contribution in [2.45, 2.75) is 56.6 Å². The number of piperidine rings is 1. The smallest absolute Gasteiger partial charge is 0.222 e. The molecule has 3 rings (SSSR count). The number of likely N-dealkylation sites (tertiary alicyclic amines) is 1. The highest BCUT2D eigenvalue weighted by atomic mass is 16.3. The summed E-state index contributed by atoms with van der Waals surface area (Å²) in [6.07, 6.45) is 7.64. The van der Waals surface area contributed by atoms with E-state index in [1.54, 1.807) is 0 Å². The van der Waals surface area contributed by atoms with Gasteiger partial charge in [0.05, 0.1) is 13.1 Å². The summed E-state index contributed by atoms with van der Waals surface area (Å²) in [7, 11) is 0. The highest BCUT2D eigenvalue weighted by molar-refractivity contribution is 5.77. The first kappa shape index (κ1) is 12.4. The molecular weight excluding hydrogens is 228 g/mol. The molecule has 3 aliphatic rings. The molecule has 2 saturated heterocycles. The molecule has 0 aromatic rings. The minimum absolute atomic E-state index is 0.229. The molecule has 2 aliphatic heterocycles. The van der Waals surface area contributed by atoms with E-state index >= 15 is 0 Å². The minimum Gasteiger partial charge on any atom is -0.386 e. The summed E-state index contributed by atoms with van der Waals surface area (Å²) in [6, 6.07) is 0.534. The first-order valence-corrected chi connectivity index (χ1v) is 7.41. The second-order valence-electron chi connectivity index (χ2n) is 6.31. The molecule has 4 heteroatoms. The van der Waals surface area contributed by atoms with E-state index in [-0.39, 0.29) is 5.91 Å². The van der Waals surface area contributed by atoms with Gasteiger partial charge in [-0.15, -0.1) is 0 Å². The van der Waals surface area contributed by atoms with Gasteiger partial charge in [0.15, 0.2) is 0 Å². The number of amides is 1. The van der Waals surface area contributed by atoms with Crippen LogP contribution in [-0.4, -0.2) is 47.2 Å². The molecule has 1 saturated carbocycles. The van der Waals surface area contributed by atoms with Crippen molar-refractivity contribution in [3.8, 4) is 0 Å². The van der Waals surface area contributed by atoms with E-state index in [4.69, 9.17) is 0 Å². The fourth-order valence-electron chi connectivity index (χ4n) is 3.30. The number of carbonyl (C=O) groups excluding carboxylic acids is 1. The van der Waals surface area contributed by atoms with Crippen molar-refractivity contribution in [3.05, 3.63) is 0 Å². The number of nitrogens with one attached hydrogen (secondary N) is 1. The lowest BCUT2D eigenvalue weighted by molar-refractivity contribution is -0.159. The van der Waals surface area contributed by atoms with Gasteiger partial charge in [-0.3, -0.25) is 4.79 Å². The molecule has 102 valence electrons. The maximum absolute atomic E-state index is 12.0. The largest absolute Gasteiger partial charge is 0.386 e. The van der Waals surface area contributed by atoms with Crippen molar-refractivity contribution in [2.24, 2.45) is 5.92 Å². The summed E-state index contributed by atoms with van der Waals surface area (Å²) < 4.78 is 0. The standard InChI is InChI=1S/C14H24N2O2/c17-13(7-6-12-3-1-2-8-15-12)16-9-14(18,10-16)11-4-5-11/h11-12,15,18H,1-10H2. The van der Waals surface area contributed by atoms with E-state index in [1.165, 1.54) is 19.3 Å². The third-order valence-electron chi connectivity index (χ3n) is 4.74. The van der Waals surface area contributed by atoms with E-state index in [2.05, 4.69) is 5.32 Å². The maximum atomic E-state index is 12.0. The fraction of sp³-hybridized carbons (Fsp3) is 0.929. The minimum atomic E-state index is -0.529. The summed E-state index contributed by atoms with van der Waals surface area (Å²) >= 11 is 0. The zero-order valence-electron chi connectivity index (χ0n) is 11.0. The van der Waals surface area contributed by atoms with Gasteiger partial charge in [0.25, 0.3) is 0 Å². The molecule has 2 heterocycles. The van der Waals surface area contributed by atoms with Gasteiger partial charge in [0.1, 0.15) is 5.60 Å². The van der Waals surface area contributed by atoms with Gasteiger partial charge in [-0.1, -0.05) is 6.42 Å². The van der Waals surface area contributed by atoms with Gasteiger partial charge < -0.3 is 15.3 Å². The van der Waals surface area contributed by atoms with E-state index in [0.29, 0.717) is 31.5 Å². The molecule has 1 amide bonds. The van der Waals surface area contributed by atoms with Crippen LogP contribution in [0.5, 0.6) is 0 Å². The predicted molar refractivity (Wildman–Crippen MR) is 69.1 cm³/mol. The van der Waals surface area contributed by atoms with Crippen LogP contribution in [0.15, 0.2) is 0 Å². The maximum Gasteiger partial charge on any atom is 0.222 e. The Labute approximate surface area is 109 Å². The predicted octanol–water partition coefficient (Wildman–Crippen LogP) is 0.892. The van der Waals surface area contributed by atoms with Crippen molar-refractivity contribution in [2.75, 3.05) is 19.6 Å². The molecule has 0 spiro atoms. The average molecular weight is 252 g/mol. The quantitative estimate of drug-likeness (QED) is 0.781. The lowest BCUT2D eigenvalue weighted by Gasteiger charge is -2.47. The van der Waals surface area contributed by atoms with Gasteiger partial charge >= 0.3 is 0 Å². The monoisotopic (exact) mass is 252 g/mol. The van der Waals surface area contributed by atoms with Crippen LogP contribution in [0.1, 0.15) is 44.9 Å². The Morgan fingerprint density at radius 3 is 2.67 bits per heavy atom. The Morgan fingerprint density at radius 1 is 1.28 bits per heavy atom. The molecule has 1 unspecified atom stereocenters. The molecule has 18 heavy (non-hydrogen) atoms. The highest BCUT2D eigenvalue weighted by Gasteiger charge is 2.53. The van der Waals surface area contributed by atoms with Crippen molar-refractivity contribution in [1.29, 1.82) is 0 Å². The van der Waals surface area contributed by atoms with Gasteiger partial charge in [0.2, 0.25) is 5.91 Å². The number of hydrogen-bond acceptors (Lipinski definition) is 3. The zero-order chi connectivity index (χ0) is 12.6. The van der Waals surface area contributed by atoms with Crippen molar-refractivity contribution in [1.82, 2.24) is 10.2 Å². The molecule has 3 fully saturated rings. The Balaban J connectivity index is 1.37. The van der Waals surface area contributed by atoms with E-state index in [0.717, 1.165) is 25.8 Å². The molecule has 0 radical (unpaired) electrons. The summed E-state index contributed by atoms with van der Waals surface area (Å²) in [5, 5.41) is 13.7. The summed E-state index contributed by atoms with van der Waals surface area (Å²) in [5.74, 6) is 0.703. The van der Waals surface area contributed by atoms with Gasteiger partial charge in [-0.25, -0.2) is 0 Å². The Morgan fingerprint density at radius 2 is 2.06 bits per heavy atom. The van der Waals surface area contributed by atoms with Crippen LogP contribution in [0, 0.1) is 5.92 Å². The van der Waals surface area contributed by atoms with Crippen LogP contribution in [0.4, 0.5) is 0 Å². The summed E-state index contributed by atoms with van der Waals surface area (Å²) in [5.41, 5.74) is -0.529. The first-order chi connectivity index (χ1) is 8.67. The summed E-state index contributed by atoms with van der Waals surface area (Å²) in [6.45, 7) is 2.26. The first-order valence-electron chi connectivity index (χ1n) is 7.41. The van der Waals surface area contributed by atoms with Crippen LogP contribution in [0.2, 0.25) is 0 Å². The van der Waals surface area contributed by atoms with Crippen molar-refractivity contribution >= 4 is 5.91 Å². The number of hydrogen-bond donors (Lipinski definition) is 2. The van der Waals surface area contributed by atoms with Crippen molar-refractivity contribution < 1.29 is 9.90 Å². The molecule has 2 N–H and O–H groups in total. The van der Waals surface area contributed by atoms with E-state index in [1.807, 2.05) is 4.90 Å². The third kappa shape index (κ3) is 2.54. The second kappa shape index (κ2) is 4.82.